The molecule has 0 spiro atoms. The molecule has 1 fully saturated rings. The van der Waals surface area contributed by atoms with Crippen molar-refractivity contribution in [1.29, 1.82) is 0 Å². The van der Waals surface area contributed by atoms with E-state index in [9.17, 15) is 0 Å². The summed E-state index contributed by atoms with van der Waals surface area (Å²) in [7, 11) is -0.583. The number of hydrogen-bond acceptors (Lipinski definition) is 3. The summed E-state index contributed by atoms with van der Waals surface area (Å²) in [6.45, 7) is 8.55. The van der Waals surface area contributed by atoms with Crippen LogP contribution in [-0.2, 0) is 20.6 Å². The van der Waals surface area contributed by atoms with Crippen molar-refractivity contribution in [3.63, 3.8) is 0 Å². The molecule has 1 aromatic carbocycles. The summed E-state index contributed by atoms with van der Waals surface area (Å²) >= 11 is 0. The van der Waals surface area contributed by atoms with E-state index in [0.717, 1.165) is 5.56 Å². The maximum Gasteiger partial charge on any atom is 0.640 e. The average Bonchev–Trinajstić information content (AvgIpc) is 2.46. The summed E-state index contributed by atoms with van der Waals surface area (Å²) in [5, 5.41) is 0. The molecule has 1 saturated heterocycles. The van der Waals surface area contributed by atoms with Crippen LogP contribution < -0.4 is 0 Å². The highest BCUT2D eigenvalue weighted by atomic mass is 16.8. The monoisotopic (exact) mass is 234 g/mol. The van der Waals surface area contributed by atoms with Crippen molar-refractivity contribution < 1.29 is 14.0 Å². The first kappa shape index (κ1) is 12.6. The summed E-state index contributed by atoms with van der Waals surface area (Å²) in [4.78, 5) is 0. The second kappa shape index (κ2) is 4.44. The molecule has 92 valence electrons. The van der Waals surface area contributed by atoms with Gasteiger partial charge in [0.1, 0.15) is 0 Å². The Hall–Kier alpha value is -0.835. The van der Waals surface area contributed by atoms with Gasteiger partial charge in [-0.25, -0.2) is 0 Å². The highest BCUT2D eigenvalue weighted by molar-refractivity contribution is 6.37. The van der Waals surface area contributed by atoms with Gasteiger partial charge in [-0.3, -0.25) is 0 Å². The van der Waals surface area contributed by atoms with Crippen molar-refractivity contribution >= 4 is 7.32 Å². The van der Waals surface area contributed by atoms with Gasteiger partial charge < -0.3 is 14.0 Å². The maximum atomic E-state index is 5.74. The van der Waals surface area contributed by atoms with E-state index < -0.39 is 7.32 Å². The molecule has 0 bridgehead atoms. The van der Waals surface area contributed by atoms with Crippen LogP contribution in [0.2, 0.25) is 0 Å². The summed E-state index contributed by atoms with van der Waals surface area (Å²) in [5.41, 5.74) is 0.435. The largest absolute Gasteiger partial charge is 0.640 e. The second-order valence-corrected chi connectivity index (χ2v) is 5.34. The van der Waals surface area contributed by atoms with E-state index in [0.29, 0.717) is 6.61 Å². The summed E-state index contributed by atoms with van der Waals surface area (Å²) in [5.74, 6) is 0. The Bertz CT molecular complexity index is 360. The Morgan fingerprint density at radius 1 is 1.00 bits per heavy atom. The molecule has 1 heterocycles. The zero-order valence-corrected chi connectivity index (χ0v) is 10.9. The maximum absolute atomic E-state index is 5.74. The van der Waals surface area contributed by atoms with Crippen LogP contribution in [0.4, 0.5) is 0 Å². The lowest BCUT2D eigenvalue weighted by atomic mass is 9.90. The van der Waals surface area contributed by atoms with Crippen molar-refractivity contribution in [2.45, 2.75) is 45.5 Å². The third-order valence-corrected chi connectivity index (χ3v) is 3.46. The lowest BCUT2D eigenvalue weighted by Gasteiger charge is -2.31. The van der Waals surface area contributed by atoms with Gasteiger partial charge in [0.25, 0.3) is 0 Å². The molecule has 0 amide bonds. The Morgan fingerprint density at radius 2 is 1.53 bits per heavy atom. The molecule has 0 N–H and O–H groups in total. The Morgan fingerprint density at radius 3 is 2.06 bits per heavy atom. The number of rotatable bonds is 3. The molecule has 0 aromatic heterocycles. The Kier molecular flexibility index (Phi) is 3.30. The zero-order valence-electron chi connectivity index (χ0n) is 10.9. The van der Waals surface area contributed by atoms with Crippen LogP contribution in [-0.4, -0.2) is 18.5 Å². The molecule has 3 nitrogen and oxygen atoms in total. The molecule has 17 heavy (non-hydrogen) atoms. The molecule has 0 atom stereocenters. The Balaban J connectivity index is 1.91. The van der Waals surface area contributed by atoms with Gasteiger partial charge in [-0.15, -0.1) is 0 Å². The smallest absolute Gasteiger partial charge is 0.382 e. The molecule has 0 saturated carbocycles. The SMILES string of the molecule is CC1(C)OB(OCc2ccccc2)OC1(C)C. The van der Waals surface area contributed by atoms with E-state index in [1.165, 1.54) is 0 Å². The van der Waals surface area contributed by atoms with E-state index in [2.05, 4.69) is 0 Å². The third-order valence-electron chi connectivity index (χ3n) is 3.46. The van der Waals surface area contributed by atoms with Crippen molar-refractivity contribution in [2.75, 3.05) is 0 Å². The van der Waals surface area contributed by atoms with Crippen LogP contribution in [0.3, 0.4) is 0 Å². The topological polar surface area (TPSA) is 27.7 Å². The number of benzene rings is 1. The normalized spacial score (nSPS) is 21.8. The van der Waals surface area contributed by atoms with E-state index in [4.69, 9.17) is 14.0 Å². The van der Waals surface area contributed by atoms with Crippen molar-refractivity contribution in [3.8, 4) is 0 Å². The minimum atomic E-state index is -0.583. The van der Waals surface area contributed by atoms with Crippen LogP contribution in [0.5, 0.6) is 0 Å². The van der Waals surface area contributed by atoms with Gasteiger partial charge in [0, 0.05) is 0 Å². The molecular weight excluding hydrogens is 215 g/mol. The lowest BCUT2D eigenvalue weighted by molar-refractivity contribution is 0.00578. The fourth-order valence-electron chi connectivity index (χ4n) is 1.60. The van der Waals surface area contributed by atoms with Crippen LogP contribution >= 0.6 is 0 Å². The van der Waals surface area contributed by atoms with Crippen molar-refractivity contribution in [2.24, 2.45) is 0 Å². The predicted octanol–water partition coefficient (Wildman–Crippen LogP) is 2.79. The first-order valence-electron chi connectivity index (χ1n) is 5.92. The van der Waals surface area contributed by atoms with Crippen molar-refractivity contribution in [3.05, 3.63) is 35.9 Å². The average molecular weight is 234 g/mol. The molecule has 4 heteroatoms. The standard InChI is InChI=1S/C13H19BO3/c1-12(2)13(3,4)17-14(16-12)15-10-11-8-6-5-7-9-11/h5-9H,10H2,1-4H3. The molecule has 0 aliphatic carbocycles. The summed E-state index contributed by atoms with van der Waals surface area (Å²) < 4.78 is 17.1. The first-order chi connectivity index (χ1) is 7.91. The Labute approximate surface area is 103 Å². The van der Waals surface area contributed by atoms with Gasteiger partial charge in [0.15, 0.2) is 0 Å². The number of hydrogen-bond donors (Lipinski definition) is 0. The minimum Gasteiger partial charge on any atom is -0.382 e. The van der Waals surface area contributed by atoms with Gasteiger partial charge >= 0.3 is 7.32 Å². The molecular formula is C13H19BO3. The van der Waals surface area contributed by atoms with Crippen LogP contribution in [0.25, 0.3) is 0 Å². The predicted molar refractivity (Wildman–Crippen MR) is 67.3 cm³/mol. The summed E-state index contributed by atoms with van der Waals surface area (Å²) in [6.07, 6.45) is 0. The fourth-order valence-corrected chi connectivity index (χ4v) is 1.60. The van der Waals surface area contributed by atoms with E-state index >= 15 is 0 Å². The van der Waals surface area contributed by atoms with E-state index in [1.54, 1.807) is 0 Å². The third kappa shape index (κ3) is 2.71. The van der Waals surface area contributed by atoms with Crippen molar-refractivity contribution in [1.82, 2.24) is 0 Å². The quantitative estimate of drug-likeness (QED) is 0.752. The molecule has 0 unspecified atom stereocenters. The highest BCUT2D eigenvalue weighted by Crippen LogP contribution is 2.36. The summed E-state index contributed by atoms with van der Waals surface area (Å²) in [6, 6.07) is 10.0. The van der Waals surface area contributed by atoms with Gasteiger partial charge in [-0.1, -0.05) is 30.3 Å². The first-order valence-corrected chi connectivity index (χ1v) is 5.92. The van der Waals surface area contributed by atoms with Gasteiger partial charge in [0.05, 0.1) is 17.8 Å². The highest BCUT2D eigenvalue weighted by Gasteiger charge is 2.52. The molecule has 1 aliphatic rings. The van der Waals surface area contributed by atoms with Gasteiger partial charge in [-0.05, 0) is 33.3 Å². The second-order valence-electron chi connectivity index (χ2n) is 5.34. The van der Waals surface area contributed by atoms with E-state index in [-0.39, 0.29) is 11.2 Å². The molecule has 1 aliphatic heterocycles. The van der Waals surface area contributed by atoms with Crippen LogP contribution in [0.1, 0.15) is 33.3 Å². The minimum absolute atomic E-state index is 0.339. The van der Waals surface area contributed by atoms with Gasteiger partial charge in [-0.2, -0.15) is 0 Å². The fraction of sp³-hybridized carbons (Fsp3) is 0.538. The zero-order chi connectivity index (χ0) is 12.5. The lowest BCUT2D eigenvalue weighted by Crippen LogP contribution is -2.41. The van der Waals surface area contributed by atoms with Gasteiger partial charge in [0.2, 0.25) is 0 Å². The van der Waals surface area contributed by atoms with Crippen LogP contribution in [0.15, 0.2) is 30.3 Å². The van der Waals surface area contributed by atoms with Crippen LogP contribution in [0, 0.1) is 0 Å². The molecule has 2 rings (SSSR count). The molecule has 1 aromatic rings. The molecule has 0 radical (unpaired) electrons. The van der Waals surface area contributed by atoms with E-state index in [1.807, 2.05) is 58.0 Å².